The van der Waals surface area contributed by atoms with E-state index in [2.05, 4.69) is 38.7 Å². The van der Waals surface area contributed by atoms with Gasteiger partial charge >= 0.3 is 0 Å². The molecule has 38 heavy (non-hydrogen) atoms. The Kier molecular flexibility index (Phi) is 7.30. The van der Waals surface area contributed by atoms with Gasteiger partial charge in [0.05, 0.1) is 0 Å². The number of amides is 2. The van der Waals surface area contributed by atoms with Gasteiger partial charge in [0.15, 0.2) is 0 Å². The number of likely N-dealkylation sites (tertiary alicyclic amines) is 1. The van der Waals surface area contributed by atoms with E-state index in [1.807, 2.05) is 48.5 Å². The molecule has 0 radical (unpaired) electrons. The summed E-state index contributed by atoms with van der Waals surface area (Å²) in [5, 5.41) is 12.4. The van der Waals surface area contributed by atoms with Crippen molar-refractivity contribution in [1.82, 2.24) is 9.80 Å². The van der Waals surface area contributed by atoms with E-state index in [1.165, 1.54) is 10.5 Å². The quantitative estimate of drug-likeness (QED) is 0.439. The fraction of sp³-hybridized carbons (Fsp3) is 0.438. The van der Waals surface area contributed by atoms with Crippen LogP contribution in [0.25, 0.3) is 10.8 Å². The summed E-state index contributed by atoms with van der Waals surface area (Å²) in [6.07, 6.45) is 1.16. The van der Waals surface area contributed by atoms with Gasteiger partial charge in [-0.1, -0.05) is 62.7 Å². The first-order valence-electron chi connectivity index (χ1n) is 13.6. The molecule has 6 nitrogen and oxygen atoms in total. The molecule has 2 aliphatic heterocycles. The number of rotatable bonds is 7. The number of carbonyl (C=O) groups is 2. The van der Waals surface area contributed by atoms with Gasteiger partial charge in [0.1, 0.15) is 18.5 Å². The smallest absolute Gasteiger partial charge is 0.261 e. The van der Waals surface area contributed by atoms with Crippen molar-refractivity contribution in [2.75, 3.05) is 32.8 Å². The van der Waals surface area contributed by atoms with Gasteiger partial charge in [0.2, 0.25) is 0 Å². The van der Waals surface area contributed by atoms with Crippen LogP contribution in [0.1, 0.15) is 65.5 Å². The van der Waals surface area contributed by atoms with E-state index in [4.69, 9.17) is 4.74 Å². The molecule has 1 atom stereocenters. The number of imide groups is 1. The number of benzene rings is 3. The Hall–Kier alpha value is -3.22. The second-order valence-electron chi connectivity index (χ2n) is 11.9. The summed E-state index contributed by atoms with van der Waals surface area (Å²) in [4.78, 5) is 30.2. The topological polar surface area (TPSA) is 70.1 Å². The van der Waals surface area contributed by atoms with Gasteiger partial charge in [-0.05, 0) is 73.3 Å². The lowest BCUT2D eigenvalue weighted by molar-refractivity contribution is 0.0451. The summed E-state index contributed by atoms with van der Waals surface area (Å²) in [5.74, 6) is 0.688. The maximum absolute atomic E-state index is 13.2. The van der Waals surface area contributed by atoms with Crippen LogP contribution in [0.4, 0.5) is 0 Å². The molecule has 200 valence electrons. The van der Waals surface area contributed by atoms with E-state index in [0.29, 0.717) is 24.2 Å². The zero-order valence-corrected chi connectivity index (χ0v) is 22.9. The van der Waals surface area contributed by atoms with E-state index < -0.39 is 6.10 Å². The summed E-state index contributed by atoms with van der Waals surface area (Å²) in [6.45, 7) is 11.4. The molecule has 1 N–H and O–H groups in total. The Bertz CT molecular complexity index is 1300. The molecule has 0 aromatic heterocycles. The number of hydrogen-bond acceptors (Lipinski definition) is 5. The first-order chi connectivity index (χ1) is 18.1. The van der Waals surface area contributed by atoms with Gasteiger partial charge in [-0.3, -0.25) is 14.5 Å². The molecule has 2 aliphatic rings. The standard InChI is InChI=1S/C32H38N2O4/c1-21-11-12-28(27(17-21)32(2,3)4)38-20-24(35)19-33-15-13-22(14-16-33)18-34-30(36)25-9-5-7-23-8-6-10-26(29(23)25)31(34)37/h5-12,17,22,24,35H,13-16,18-20H2,1-4H3. The van der Waals surface area contributed by atoms with Gasteiger partial charge in [0.25, 0.3) is 11.8 Å². The third-order valence-electron chi connectivity index (χ3n) is 7.85. The minimum absolute atomic E-state index is 0.0418. The first-order valence-corrected chi connectivity index (χ1v) is 13.6. The Morgan fingerprint density at radius 1 is 0.974 bits per heavy atom. The van der Waals surface area contributed by atoms with Crippen LogP contribution in [0.3, 0.4) is 0 Å². The minimum atomic E-state index is -0.595. The molecule has 6 heteroatoms. The van der Waals surface area contributed by atoms with Crippen molar-refractivity contribution in [1.29, 1.82) is 0 Å². The van der Waals surface area contributed by atoms with E-state index in [1.54, 1.807) is 0 Å². The summed E-state index contributed by atoms with van der Waals surface area (Å²) in [5.41, 5.74) is 3.52. The lowest BCUT2D eigenvalue weighted by Crippen LogP contribution is -2.46. The highest BCUT2D eigenvalue weighted by molar-refractivity contribution is 6.25. The van der Waals surface area contributed by atoms with Gasteiger partial charge in [0, 0.05) is 29.6 Å². The molecule has 1 fully saturated rings. The predicted molar refractivity (Wildman–Crippen MR) is 150 cm³/mol. The highest BCUT2D eigenvalue weighted by Gasteiger charge is 2.35. The van der Waals surface area contributed by atoms with Crippen molar-refractivity contribution in [3.05, 3.63) is 76.9 Å². The third kappa shape index (κ3) is 5.33. The minimum Gasteiger partial charge on any atom is -0.491 e. The molecular formula is C32H38N2O4. The normalized spacial score (nSPS) is 17.8. The number of piperidine rings is 1. The van der Waals surface area contributed by atoms with Crippen LogP contribution in [-0.4, -0.2) is 65.6 Å². The van der Waals surface area contributed by atoms with E-state index in [0.717, 1.165) is 48.0 Å². The summed E-state index contributed by atoms with van der Waals surface area (Å²) < 4.78 is 6.06. The maximum atomic E-state index is 13.2. The Balaban J connectivity index is 1.14. The third-order valence-corrected chi connectivity index (χ3v) is 7.85. The molecular weight excluding hydrogens is 476 g/mol. The van der Waals surface area contributed by atoms with Crippen LogP contribution < -0.4 is 4.74 Å². The van der Waals surface area contributed by atoms with Crippen molar-refractivity contribution < 1.29 is 19.4 Å². The summed E-state index contributed by atoms with van der Waals surface area (Å²) in [6, 6.07) is 17.5. The second-order valence-corrected chi connectivity index (χ2v) is 11.9. The van der Waals surface area contributed by atoms with Crippen LogP contribution >= 0.6 is 0 Å². The first kappa shape index (κ1) is 26.4. The second kappa shape index (κ2) is 10.5. The van der Waals surface area contributed by atoms with Crippen molar-refractivity contribution in [3.63, 3.8) is 0 Å². The highest BCUT2D eigenvalue weighted by Crippen LogP contribution is 2.33. The number of β-amino-alcohol motifs (C(OH)–C–C–N with tert-alkyl or cyclic N) is 1. The largest absolute Gasteiger partial charge is 0.491 e. The van der Waals surface area contributed by atoms with Gasteiger partial charge in [-0.15, -0.1) is 0 Å². The molecule has 3 aromatic carbocycles. The molecule has 0 saturated carbocycles. The van der Waals surface area contributed by atoms with E-state index >= 15 is 0 Å². The number of aliphatic hydroxyl groups excluding tert-OH is 1. The molecule has 1 saturated heterocycles. The number of ether oxygens (including phenoxy) is 1. The molecule has 1 unspecified atom stereocenters. The molecule has 0 spiro atoms. The lowest BCUT2D eigenvalue weighted by Gasteiger charge is -2.36. The van der Waals surface area contributed by atoms with Crippen LogP contribution in [0.2, 0.25) is 0 Å². The maximum Gasteiger partial charge on any atom is 0.261 e. The monoisotopic (exact) mass is 514 g/mol. The number of aryl methyl sites for hydroxylation is 1. The zero-order valence-electron chi connectivity index (χ0n) is 22.9. The Morgan fingerprint density at radius 3 is 2.21 bits per heavy atom. The molecule has 5 rings (SSSR count). The van der Waals surface area contributed by atoms with Gasteiger partial charge in [-0.2, -0.15) is 0 Å². The van der Waals surface area contributed by atoms with Crippen LogP contribution in [-0.2, 0) is 5.41 Å². The fourth-order valence-corrected chi connectivity index (χ4v) is 5.75. The van der Waals surface area contributed by atoms with Crippen LogP contribution in [0.15, 0.2) is 54.6 Å². The number of nitrogens with zero attached hydrogens (tertiary/aromatic N) is 2. The zero-order chi connectivity index (χ0) is 27.0. The highest BCUT2D eigenvalue weighted by atomic mass is 16.5. The summed E-state index contributed by atoms with van der Waals surface area (Å²) in [7, 11) is 0. The Morgan fingerprint density at radius 2 is 1.61 bits per heavy atom. The van der Waals surface area contributed by atoms with Crippen molar-refractivity contribution in [2.24, 2.45) is 5.92 Å². The van der Waals surface area contributed by atoms with Crippen molar-refractivity contribution in [3.8, 4) is 5.75 Å². The molecule has 2 amide bonds. The van der Waals surface area contributed by atoms with E-state index in [-0.39, 0.29) is 29.8 Å². The van der Waals surface area contributed by atoms with Crippen LogP contribution in [0, 0.1) is 12.8 Å². The van der Waals surface area contributed by atoms with Gasteiger partial charge in [-0.25, -0.2) is 0 Å². The number of carbonyl (C=O) groups excluding carboxylic acids is 2. The SMILES string of the molecule is Cc1ccc(OCC(O)CN2CCC(CN3C(=O)c4cccc5cccc(c45)C3=O)CC2)c(C(C)(C)C)c1. The lowest BCUT2D eigenvalue weighted by atomic mass is 9.85. The molecule has 0 bridgehead atoms. The van der Waals surface area contributed by atoms with Crippen LogP contribution in [0.5, 0.6) is 5.75 Å². The number of hydrogen-bond donors (Lipinski definition) is 1. The molecule has 0 aliphatic carbocycles. The predicted octanol–water partition coefficient (Wildman–Crippen LogP) is 5.19. The molecule has 3 aromatic rings. The molecule has 2 heterocycles. The number of aliphatic hydroxyl groups is 1. The average Bonchev–Trinajstić information content (AvgIpc) is 2.89. The fourth-order valence-electron chi connectivity index (χ4n) is 5.75. The van der Waals surface area contributed by atoms with Crippen molar-refractivity contribution >= 4 is 22.6 Å². The van der Waals surface area contributed by atoms with Gasteiger partial charge < -0.3 is 14.7 Å². The Labute approximate surface area is 225 Å². The van der Waals surface area contributed by atoms with E-state index in [9.17, 15) is 14.7 Å². The average molecular weight is 515 g/mol. The summed E-state index contributed by atoms with van der Waals surface area (Å²) >= 11 is 0. The van der Waals surface area contributed by atoms with Crippen molar-refractivity contribution in [2.45, 2.75) is 52.1 Å².